The minimum Gasteiger partial charge on any atom is -0.497 e. The lowest BCUT2D eigenvalue weighted by atomic mass is 10.3. The molecule has 0 aliphatic carbocycles. The Morgan fingerprint density at radius 1 is 1.00 bits per heavy atom. The van der Waals surface area contributed by atoms with Gasteiger partial charge < -0.3 is 14.2 Å². The van der Waals surface area contributed by atoms with Gasteiger partial charge in [0.1, 0.15) is 28.0 Å². The van der Waals surface area contributed by atoms with Crippen molar-refractivity contribution in [1.29, 1.82) is 0 Å². The Labute approximate surface area is 146 Å². The molecule has 2 aromatic carbocycles. The number of ether oxygens (including phenoxy) is 3. The quantitative estimate of drug-likeness (QED) is 0.688. The Bertz CT molecular complexity index is 793. The number of sulfonamides is 1. The number of methoxy groups -OCH3 is 2. The van der Waals surface area contributed by atoms with Crippen LogP contribution in [0.2, 0.25) is 0 Å². The van der Waals surface area contributed by atoms with Gasteiger partial charge in [-0.05, 0) is 42.8 Å². The van der Waals surface area contributed by atoms with E-state index in [1.807, 2.05) is 0 Å². The molecule has 25 heavy (non-hydrogen) atoms. The van der Waals surface area contributed by atoms with E-state index < -0.39 is 10.0 Å². The van der Waals surface area contributed by atoms with Crippen LogP contribution in [0.4, 0.5) is 4.39 Å². The number of hydrogen-bond acceptors (Lipinski definition) is 5. The monoisotopic (exact) mass is 369 g/mol. The average molecular weight is 369 g/mol. The summed E-state index contributed by atoms with van der Waals surface area (Å²) in [6.07, 6.45) is 0.447. The maximum absolute atomic E-state index is 12.8. The summed E-state index contributed by atoms with van der Waals surface area (Å²) in [6.45, 7) is 0.479. The van der Waals surface area contributed by atoms with Crippen LogP contribution in [0.3, 0.4) is 0 Å². The Hall–Kier alpha value is -2.32. The van der Waals surface area contributed by atoms with Gasteiger partial charge in [0.25, 0.3) is 0 Å². The van der Waals surface area contributed by atoms with Gasteiger partial charge in [-0.25, -0.2) is 17.5 Å². The summed E-state index contributed by atoms with van der Waals surface area (Å²) in [5, 5.41) is 0. The summed E-state index contributed by atoms with van der Waals surface area (Å²) in [7, 11) is -0.890. The van der Waals surface area contributed by atoms with Crippen molar-refractivity contribution in [1.82, 2.24) is 4.72 Å². The molecule has 0 aromatic heterocycles. The number of benzene rings is 2. The van der Waals surface area contributed by atoms with E-state index in [9.17, 15) is 12.8 Å². The van der Waals surface area contributed by atoms with Crippen molar-refractivity contribution in [2.75, 3.05) is 27.4 Å². The van der Waals surface area contributed by atoms with Crippen molar-refractivity contribution in [2.45, 2.75) is 11.3 Å². The molecule has 8 heteroatoms. The van der Waals surface area contributed by atoms with E-state index in [0.717, 1.165) is 0 Å². The number of halogens is 1. The van der Waals surface area contributed by atoms with Gasteiger partial charge in [-0.3, -0.25) is 0 Å². The second-order valence-corrected chi connectivity index (χ2v) is 6.81. The van der Waals surface area contributed by atoms with Crippen molar-refractivity contribution < 1.29 is 27.0 Å². The second-order valence-electron chi connectivity index (χ2n) is 5.07. The van der Waals surface area contributed by atoms with Crippen molar-refractivity contribution in [3.63, 3.8) is 0 Å². The lowest BCUT2D eigenvalue weighted by Gasteiger charge is -2.12. The van der Waals surface area contributed by atoms with E-state index in [1.54, 1.807) is 6.07 Å². The highest BCUT2D eigenvalue weighted by atomic mass is 32.2. The number of hydrogen-bond donors (Lipinski definition) is 1. The predicted molar refractivity (Wildman–Crippen MR) is 91.2 cm³/mol. The zero-order valence-electron chi connectivity index (χ0n) is 14.0. The highest BCUT2D eigenvalue weighted by molar-refractivity contribution is 7.89. The van der Waals surface area contributed by atoms with Gasteiger partial charge in [-0.15, -0.1) is 0 Å². The summed E-state index contributed by atoms with van der Waals surface area (Å²) < 4.78 is 55.7. The first-order valence-electron chi connectivity index (χ1n) is 7.56. The van der Waals surface area contributed by atoms with Crippen molar-refractivity contribution in [3.05, 3.63) is 48.3 Å². The van der Waals surface area contributed by atoms with Gasteiger partial charge in [0, 0.05) is 12.6 Å². The molecule has 0 atom stereocenters. The van der Waals surface area contributed by atoms with E-state index in [4.69, 9.17) is 14.2 Å². The first-order chi connectivity index (χ1) is 12.0. The summed E-state index contributed by atoms with van der Waals surface area (Å²) in [4.78, 5) is 0.00815. The number of rotatable bonds is 9. The maximum Gasteiger partial charge on any atom is 0.244 e. The average Bonchev–Trinajstić information content (AvgIpc) is 2.62. The molecule has 1 N–H and O–H groups in total. The number of nitrogens with one attached hydrogen (secondary N) is 1. The lowest BCUT2D eigenvalue weighted by Crippen LogP contribution is -2.26. The molecule has 0 heterocycles. The van der Waals surface area contributed by atoms with Gasteiger partial charge in [-0.2, -0.15) is 0 Å². The molecule has 2 rings (SSSR count). The van der Waals surface area contributed by atoms with Gasteiger partial charge in [0.05, 0.1) is 20.8 Å². The Morgan fingerprint density at radius 2 is 1.68 bits per heavy atom. The molecule has 0 saturated carbocycles. The predicted octanol–water partition coefficient (Wildman–Crippen LogP) is 2.59. The van der Waals surface area contributed by atoms with Crippen LogP contribution >= 0.6 is 0 Å². The first-order valence-corrected chi connectivity index (χ1v) is 9.04. The Kier molecular flexibility index (Phi) is 6.60. The molecular weight excluding hydrogens is 349 g/mol. The fraction of sp³-hybridized carbons (Fsp3) is 0.294. The van der Waals surface area contributed by atoms with Gasteiger partial charge >= 0.3 is 0 Å². The topological polar surface area (TPSA) is 73.9 Å². The standard InChI is InChI=1S/C17H20FNO5S/c1-22-15-8-9-16(23-2)17(12-15)25(20,21)19-10-3-11-24-14-6-4-13(18)5-7-14/h4-9,12,19H,3,10-11H2,1-2H3. The molecular formula is C17H20FNO5S. The largest absolute Gasteiger partial charge is 0.497 e. The van der Waals surface area contributed by atoms with Crippen LogP contribution in [0.15, 0.2) is 47.4 Å². The van der Waals surface area contributed by atoms with E-state index in [-0.39, 0.29) is 23.0 Å². The zero-order chi connectivity index (χ0) is 18.3. The van der Waals surface area contributed by atoms with Crippen molar-refractivity contribution in [2.24, 2.45) is 0 Å². The third-order valence-corrected chi connectivity index (χ3v) is 4.84. The third-order valence-electron chi connectivity index (χ3n) is 3.36. The minimum atomic E-state index is -3.75. The molecule has 136 valence electrons. The highest BCUT2D eigenvalue weighted by Crippen LogP contribution is 2.27. The van der Waals surface area contributed by atoms with Crippen molar-refractivity contribution >= 4 is 10.0 Å². The van der Waals surface area contributed by atoms with E-state index in [1.165, 1.54) is 50.6 Å². The SMILES string of the molecule is COc1ccc(OC)c(S(=O)(=O)NCCCOc2ccc(F)cc2)c1. The first kappa shape index (κ1) is 19.0. The summed E-state index contributed by atoms with van der Waals surface area (Å²) >= 11 is 0. The zero-order valence-corrected chi connectivity index (χ0v) is 14.8. The Balaban J connectivity index is 1.90. The minimum absolute atomic E-state index is 0.00815. The van der Waals surface area contributed by atoms with Gasteiger partial charge in [0.2, 0.25) is 10.0 Å². The second kappa shape index (κ2) is 8.68. The van der Waals surface area contributed by atoms with E-state index >= 15 is 0 Å². The van der Waals surface area contributed by atoms with Crippen LogP contribution in [-0.2, 0) is 10.0 Å². The molecule has 6 nitrogen and oxygen atoms in total. The maximum atomic E-state index is 12.8. The summed E-state index contributed by atoms with van der Waals surface area (Å²) in [6, 6.07) is 10.2. The smallest absolute Gasteiger partial charge is 0.244 e. The van der Waals surface area contributed by atoms with Crippen LogP contribution < -0.4 is 18.9 Å². The van der Waals surface area contributed by atoms with Crippen LogP contribution in [0.5, 0.6) is 17.2 Å². The summed E-state index contributed by atoms with van der Waals surface area (Å²) in [5.74, 6) is 0.836. The molecule has 0 unspecified atom stereocenters. The molecule has 0 aliphatic heterocycles. The van der Waals surface area contributed by atoms with Crippen LogP contribution in [0.1, 0.15) is 6.42 Å². The third kappa shape index (κ3) is 5.33. The molecule has 2 aromatic rings. The van der Waals surface area contributed by atoms with Crippen molar-refractivity contribution in [3.8, 4) is 17.2 Å². The molecule has 0 fully saturated rings. The molecule has 0 radical (unpaired) electrons. The highest BCUT2D eigenvalue weighted by Gasteiger charge is 2.20. The molecule has 0 spiro atoms. The summed E-state index contributed by atoms with van der Waals surface area (Å²) in [5.41, 5.74) is 0. The fourth-order valence-electron chi connectivity index (χ4n) is 2.07. The van der Waals surface area contributed by atoms with Gasteiger partial charge in [-0.1, -0.05) is 0 Å². The molecule has 0 saturated heterocycles. The molecule has 0 aliphatic rings. The van der Waals surface area contributed by atoms with Crippen LogP contribution in [-0.4, -0.2) is 35.8 Å². The molecule has 0 amide bonds. The van der Waals surface area contributed by atoms with Gasteiger partial charge in [0.15, 0.2) is 0 Å². The fourth-order valence-corrected chi connectivity index (χ4v) is 3.33. The van der Waals surface area contributed by atoms with E-state index in [0.29, 0.717) is 24.5 Å². The van der Waals surface area contributed by atoms with Crippen LogP contribution in [0, 0.1) is 5.82 Å². The Morgan fingerprint density at radius 3 is 2.32 bits per heavy atom. The van der Waals surface area contributed by atoms with Crippen LogP contribution in [0.25, 0.3) is 0 Å². The molecule has 0 bridgehead atoms. The lowest BCUT2D eigenvalue weighted by molar-refractivity contribution is 0.311. The van der Waals surface area contributed by atoms with E-state index in [2.05, 4.69) is 4.72 Å². The normalized spacial score (nSPS) is 11.2.